The van der Waals surface area contributed by atoms with Crippen molar-refractivity contribution in [2.45, 2.75) is 335 Å². The van der Waals surface area contributed by atoms with E-state index in [1.165, 1.54) is 218 Å². The van der Waals surface area contributed by atoms with Crippen LogP contribution < -0.4 is 0 Å². The van der Waals surface area contributed by atoms with Crippen LogP contribution in [0.2, 0.25) is 0 Å². The van der Waals surface area contributed by atoms with E-state index in [4.69, 9.17) is 14.2 Å². The van der Waals surface area contributed by atoms with Crippen molar-refractivity contribution in [1.29, 1.82) is 0 Å². The van der Waals surface area contributed by atoms with Gasteiger partial charge in [0.15, 0.2) is 6.10 Å². The van der Waals surface area contributed by atoms with Crippen LogP contribution in [-0.2, 0) is 28.6 Å². The highest BCUT2D eigenvalue weighted by Crippen LogP contribution is 2.17. The van der Waals surface area contributed by atoms with Gasteiger partial charge in [-0.1, -0.05) is 288 Å². The van der Waals surface area contributed by atoms with Crippen LogP contribution in [0.25, 0.3) is 0 Å². The number of rotatable bonds is 56. The van der Waals surface area contributed by atoms with E-state index in [1.807, 2.05) is 0 Å². The van der Waals surface area contributed by atoms with E-state index in [0.29, 0.717) is 19.3 Å². The molecule has 0 radical (unpaired) electrons. The van der Waals surface area contributed by atoms with Crippen molar-refractivity contribution in [1.82, 2.24) is 0 Å². The quantitative estimate of drug-likeness (QED) is 0.0261. The van der Waals surface area contributed by atoms with E-state index in [1.54, 1.807) is 0 Å². The minimum absolute atomic E-state index is 0.0670. The van der Waals surface area contributed by atoms with E-state index in [9.17, 15) is 14.4 Å². The van der Waals surface area contributed by atoms with Crippen molar-refractivity contribution < 1.29 is 28.6 Å². The summed E-state index contributed by atoms with van der Waals surface area (Å²) in [5, 5.41) is 0. The van der Waals surface area contributed by atoms with Crippen molar-refractivity contribution >= 4 is 17.9 Å². The Labute approximate surface area is 429 Å². The van der Waals surface area contributed by atoms with Crippen LogP contribution in [0.1, 0.15) is 329 Å². The predicted molar refractivity (Wildman–Crippen MR) is 298 cm³/mol. The Morgan fingerprint density at radius 2 is 0.522 bits per heavy atom. The fourth-order valence-electron chi connectivity index (χ4n) is 9.04. The van der Waals surface area contributed by atoms with E-state index < -0.39 is 6.10 Å². The largest absolute Gasteiger partial charge is 0.462 e. The lowest BCUT2D eigenvalue weighted by Gasteiger charge is -2.18. The summed E-state index contributed by atoms with van der Waals surface area (Å²) in [6.45, 7) is 6.61. The van der Waals surface area contributed by atoms with Crippen LogP contribution >= 0.6 is 0 Å². The van der Waals surface area contributed by atoms with Crippen molar-refractivity contribution in [3.8, 4) is 0 Å². The summed E-state index contributed by atoms with van der Waals surface area (Å²) in [5.41, 5.74) is 0. The number of hydrogen-bond acceptors (Lipinski definition) is 6. The molecule has 0 aromatic heterocycles. The number of esters is 3. The molecule has 0 saturated heterocycles. The Balaban J connectivity index is 3.96. The Morgan fingerprint density at radius 1 is 0.290 bits per heavy atom. The summed E-state index contributed by atoms with van der Waals surface area (Å²) in [6.07, 6.45) is 70.5. The molecule has 1 atom stereocenters. The second-order valence-corrected chi connectivity index (χ2v) is 20.6. The highest BCUT2D eigenvalue weighted by Gasteiger charge is 2.19. The maximum atomic E-state index is 12.8. The Kier molecular flexibility index (Phi) is 56.2. The summed E-state index contributed by atoms with van der Waals surface area (Å²) in [7, 11) is 0. The molecule has 0 fully saturated rings. The first-order chi connectivity index (χ1) is 34.0. The standard InChI is InChI=1S/C63H116O6/c1-4-7-10-13-16-18-20-22-24-25-26-27-28-29-30-31-32-33-34-35-36-37-38-39-40-42-43-45-47-50-53-56-62(65)68-59-60(58-67-61(64)55-52-49-15-12-9-6-3)69-63(66)57-54-51-48-46-44-41-23-21-19-17-14-11-8-5-2/h20,22,25-26,28-29,60H,4-19,21,23-24,27,30-59H2,1-3H3/b22-20-,26-25-,29-28-. The van der Waals surface area contributed by atoms with Crippen molar-refractivity contribution in [2.75, 3.05) is 13.2 Å². The molecular formula is C63H116O6. The molecule has 1 unspecified atom stereocenters. The molecule has 0 spiro atoms. The molecule has 0 aliphatic heterocycles. The summed E-state index contributed by atoms with van der Waals surface area (Å²) < 4.78 is 16.8. The van der Waals surface area contributed by atoms with Crippen LogP contribution in [-0.4, -0.2) is 37.2 Å². The lowest BCUT2D eigenvalue weighted by molar-refractivity contribution is -0.167. The van der Waals surface area contributed by atoms with Crippen molar-refractivity contribution in [2.24, 2.45) is 0 Å². The summed E-state index contributed by atoms with van der Waals surface area (Å²) in [4.78, 5) is 37.9. The average Bonchev–Trinajstić information content (AvgIpc) is 3.35. The third-order valence-corrected chi connectivity index (χ3v) is 13.6. The van der Waals surface area contributed by atoms with Crippen LogP contribution in [0.4, 0.5) is 0 Å². The van der Waals surface area contributed by atoms with Gasteiger partial charge in [-0.3, -0.25) is 14.4 Å². The number of ether oxygens (including phenoxy) is 3. The smallest absolute Gasteiger partial charge is 0.306 e. The predicted octanol–water partition coefficient (Wildman–Crippen LogP) is 20.4. The minimum atomic E-state index is -0.764. The van der Waals surface area contributed by atoms with Gasteiger partial charge in [-0.15, -0.1) is 0 Å². The number of carbonyl (C=O) groups excluding carboxylic acids is 3. The molecule has 0 heterocycles. The van der Waals surface area contributed by atoms with Crippen LogP contribution in [0, 0.1) is 0 Å². The van der Waals surface area contributed by atoms with E-state index in [-0.39, 0.29) is 31.1 Å². The number of carbonyl (C=O) groups is 3. The number of hydrogen-bond donors (Lipinski definition) is 0. The molecule has 0 aromatic rings. The first-order valence-electron chi connectivity index (χ1n) is 30.5. The Morgan fingerprint density at radius 3 is 0.812 bits per heavy atom. The summed E-state index contributed by atoms with van der Waals surface area (Å²) >= 11 is 0. The van der Waals surface area contributed by atoms with Crippen molar-refractivity contribution in [3.05, 3.63) is 36.5 Å². The fraction of sp³-hybridized carbons (Fsp3) is 0.857. The molecule has 69 heavy (non-hydrogen) atoms. The zero-order valence-corrected chi connectivity index (χ0v) is 46.3. The van der Waals surface area contributed by atoms with Gasteiger partial charge in [0.2, 0.25) is 0 Å². The van der Waals surface area contributed by atoms with Crippen LogP contribution in [0.15, 0.2) is 36.5 Å². The lowest BCUT2D eigenvalue weighted by Crippen LogP contribution is -2.30. The van der Waals surface area contributed by atoms with Gasteiger partial charge >= 0.3 is 17.9 Å². The molecule has 0 rings (SSSR count). The molecular weight excluding hydrogens is 853 g/mol. The summed E-state index contributed by atoms with van der Waals surface area (Å²) in [5.74, 6) is -0.859. The maximum absolute atomic E-state index is 12.8. The second-order valence-electron chi connectivity index (χ2n) is 20.6. The van der Waals surface area contributed by atoms with Crippen LogP contribution in [0.5, 0.6) is 0 Å². The normalized spacial score (nSPS) is 12.2. The topological polar surface area (TPSA) is 78.9 Å². The van der Waals surface area contributed by atoms with Gasteiger partial charge in [0.05, 0.1) is 0 Å². The zero-order chi connectivity index (χ0) is 50.0. The average molecular weight is 970 g/mol. The zero-order valence-electron chi connectivity index (χ0n) is 46.3. The monoisotopic (exact) mass is 969 g/mol. The van der Waals surface area contributed by atoms with E-state index in [0.717, 1.165) is 70.6 Å². The second kappa shape index (κ2) is 58.2. The molecule has 0 N–H and O–H groups in total. The van der Waals surface area contributed by atoms with Crippen molar-refractivity contribution in [3.63, 3.8) is 0 Å². The van der Waals surface area contributed by atoms with Gasteiger partial charge < -0.3 is 14.2 Å². The van der Waals surface area contributed by atoms with Gasteiger partial charge in [0.25, 0.3) is 0 Å². The molecule has 6 nitrogen and oxygen atoms in total. The molecule has 404 valence electrons. The highest BCUT2D eigenvalue weighted by atomic mass is 16.6. The first-order valence-corrected chi connectivity index (χ1v) is 30.5. The van der Waals surface area contributed by atoms with Gasteiger partial charge in [-0.25, -0.2) is 0 Å². The number of unbranched alkanes of at least 4 members (excludes halogenated alkanes) is 39. The van der Waals surface area contributed by atoms with Gasteiger partial charge in [0, 0.05) is 19.3 Å². The van der Waals surface area contributed by atoms with E-state index >= 15 is 0 Å². The van der Waals surface area contributed by atoms with Gasteiger partial charge in [-0.2, -0.15) is 0 Å². The van der Waals surface area contributed by atoms with E-state index in [2.05, 4.69) is 57.2 Å². The third-order valence-electron chi connectivity index (χ3n) is 13.6. The minimum Gasteiger partial charge on any atom is -0.462 e. The van der Waals surface area contributed by atoms with Gasteiger partial charge in [0.1, 0.15) is 13.2 Å². The molecule has 0 aliphatic carbocycles. The van der Waals surface area contributed by atoms with Crippen LogP contribution in [0.3, 0.4) is 0 Å². The first kappa shape index (κ1) is 66.6. The molecule has 0 aromatic carbocycles. The molecule has 6 heteroatoms. The highest BCUT2D eigenvalue weighted by molar-refractivity contribution is 5.71. The maximum Gasteiger partial charge on any atom is 0.306 e. The lowest BCUT2D eigenvalue weighted by atomic mass is 10.0. The Bertz CT molecular complexity index is 1160. The molecule has 0 amide bonds. The molecule has 0 saturated carbocycles. The summed E-state index contributed by atoms with van der Waals surface area (Å²) in [6, 6.07) is 0. The molecule has 0 aliphatic rings. The SMILES string of the molecule is CCCCCCC/C=C\C/C=C\C/C=C\CCCCCCCCCCCCCCCCCCC(=O)OCC(COC(=O)CCCCCCCC)OC(=O)CCCCCCCCCCCCCCCC. The fourth-order valence-corrected chi connectivity index (χ4v) is 9.04. The number of allylic oxidation sites excluding steroid dienone is 6. The molecule has 0 bridgehead atoms. The van der Waals surface area contributed by atoms with Gasteiger partial charge in [-0.05, 0) is 57.8 Å². The Hall–Kier alpha value is -2.37. The third kappa shape index (κ3) is 56.4.